The fourth-order valence-corrected chi connectivity index (χ4v) is 2.91. The average Bonchev–Trinajstić information content (AvgIpc) is 3.19. The van der Waals surface area contributed by atoms with E-state index in [2.05, 4.69) is 20.8 Å². The summed E-state index contributed by atoms with van der Waals surface area (Å²) in [6, 6.07) is -0.496. The van der Waals surface area contributed by atoms with Crippen molar-refractivity contribution >= 4 is 35.4 Å². The van der Waals surface area contributed by atoms with Crippen LogP contribution in [0.5, 0.6) is 0 Å². The number of carboxylic acid groups (broad SMARTS) is 1. The summed E-state index contributed by atoms with van der Waals surface area (Å²) in [5.41, 5.74) is 0. The molecule has 1 heterocycles. The zero-order chi connectivity index (χ0) is 15.2. The van der Waals surface area contributed by atoms with E-state index in [9.17, 15) is 9.59 Å². The van der Waals surface area contributed by atoms with Gasteiger partial charge in [0.1, 0.15) is 6.04 Å². The van der Waals surface area contributed by atoms with E-state index in [-0.39, 0.29) is 11.7 Å². The van der Waals surface area contributed by atoms with Crippen LogP contribution < -0.4 is 5.32 Å². The van der Waals surface area contributed by atoms with Crippen molar-refractivity contribution in [1.82, 2.24) is 25.5 Å². The molecule has 1 atom stereocenters. The molecule has 116 valence electrons. The highest BCUT2D eigenvalue weighted by Crippen LogP contribution is 2.36. The fraction of sp³-hybridized carbons (Fsp3) is 0.727. The van der Waals surface area contributed by atoms with Gasteiger partial charge in [-0.15, -0.1) is 5.10 Å². The number of tetrazole rings is 1. The van der Waals surface area contributed by atoms with Crippen molar-refractivity contribution in [1.29, 1.82) is 0 Å². The van der Waals surface area contributed by atoms with Gasteiger partial charge in [0.25, 0.3) is 0 Å². The van der Waals surface area contributed by atoms with Crippen LogP contribution in [0.25, 0.3) is 0 Å². The zero-order valence-electron chi connectivity index (χ0n) is 11.6. The van der Waals surface area contributed by atoms with E-state index in [0.29, 0.717) is 23.4 Å². The molecule has 10 heteroatoms. The lowest BCUT2D eigenvalue weighted by atomic mass is 10.2. The molecule has 1 aromatic heterocycles. The van der Waals surface area contributed by atoms with E-state index in [1.165, 1.54) is 11.8 Å². The van der Waals surface area contributed by atoms with Gasteiger partial charge in [-0.3, -0.25) is 4.79 Å². The highest BCUT2D eigenvalue weighted by molar-refractivity contribution is 7.99. The Kier molecular flexibility index (Phi) is 5.85. The monoisotopic (exact) mass is 331 g/mol. The number of nitrogens with one attached hydrogen (secondary N) is 1. The van der Waals surface area contributed by atoms with Gasteiger partial charge in [-0.1, -0.05) is 11.8 Å². The van der Waals surface area contributed by atoms with Gasteiger partial charge in [0.05, 0.1) is 11.8 Å². The lowest BCUT2D eigenvalue weighted by Crippen LogP contribution is -2.42. The third-order valence-electron chi connectivity index (χ3n) is 2.93. The van der Waals surface area contributed by atoms with Crippen molar-refractivity contribution < 1.29 is 14.7 Å². The predicted molar refractivity (Wildman–Crippen MR) is 79.4 cm³/mol. The predicted octanol–water partition coefficient (Wildman–Crippen LogP) is 0.423. The molecule has 2 N–H and O–H groups in total. The number of amides is 1. The first-order valence-corrected chi connectivity index (χ1v) is 8.91. The summed E-state index contributed by atoms with van der Waals surface area (Å²) in [7, 11) is 0. The fourth-order valence-electron chi connectivity index (χ4n) is 1.69. The van der Waals surface area contributed by atoms with Crippen molar-refractivity contribution in [3.8, 4) is 0 Å². The maximum Gasteiger partial charge on any atom is 0.326 e. The number of nitrogens with zero attached hydrogens (tertiary/aromatic N) is 4. The molecule has 0 saturated heterocycles. The number of hydrogen-bond acceptors (Lipinski definition) is 7. The minimum atomic E-state index is -1.01. The summed E-state index contributed by atoms with van der Waals surface area (Å²) in [5.74, 6) is -0.537. The van der Waals surface area contributed by atoms with Gasteiger partial charge in [-0.05, 0) is 41.7 Å². The normalized spacial score (nSPS) is 15.7. The molecule has 0 radical (unpaired) electrons. The van der Waals surface area contributed by atoms with E-state index < -0.39 is 12.0 Å². The molecule has 0 spiro atoms. The van der Waals surface area contributed by atoms with E-state index in [1.54, 1.807) is 16.4 Å². The van der Waals surface area contributed by atoms with Gasteiger partial charge in [-0.2, -0.15) is 11.8 Å². The lowest BCUT2D eigenvalue weighted by molar-refractivity contribution is -0.141. The first kappa shape index (κ1) is 16.1. The largest absolute Gasteiger partial charge is 0.480 e. The molecule has 1 aliphatic carbocycles. The van der Waals surface area contributed by atoms with Crippen LogP contribution in [0.4, 0.5) is 0 Å². The van der Waals surface area contributed by atoms with Crippen LogP contribution in [0.3, 0.4) is 0 Å². The summed E-state index contributed by atoms with van der Waals surface area (Å²) >= 11 is 2.77. The topological polar surface area (TPSA) is 110 Å². The molecule has 1 saturated carbocycles. The molecule has 1 aliphatic rings. The number of carbonyl (C=O) groups is 2. The van der Waals surface area contributed by atoms with E-state index in [1.807, 2.05) is 6.26 Å². The van der Waals surface area contributed by atoms with Crippen LogP contribution in [0, 0.1) is 0 Å². The summed E-state index contributed by atoms with van der Waals surface area (Å²) in [4.78, 5) is 22.9. The molecular weight excluding hydrogens is 314 g/mol. The number of thioether (sulfide) groups is 2. The van der Waals surface area contributed by atoms with Crippen LogP contribution in [0.2, 0.25) is 0 Å². The van der Waals surface area contributed by atoms with Crippen LogP contribution >= 0.6 is 23.5 Å². The van der Waals surface area contributed by atoms with Crippen LogP contribution in [0.15, 0.2) is 5.16 Å². The van der Waals surface area contributed by atoms with Gasteiger partial charge in [0.15, 0.2) is 0 Å². The second-order valence-corrected chi connectivity index (χ2v) is 6.59. The minimum Gasteiger partial charge on any atom is -0.480 e. The molecule has 0 bridgehead atoms. The third kappa shape index (κ3) is 4.88. The van der Waals surface area contributed by atoms with E-state index in [0.717, 1.165) is 12.8 Å². The van der Waals surface area contributed by atoms with Crippen molar-refractivity contribution in [2.75, 3.05) is 17.8 Å². The summed E-state index contributed by atoms with van der Waals surface area (Å²) in [5, 5.41) is 23.6. The Hall–Kier alpha value is -1.29. The second-order valence-electron chi connectivity index (χ2n) is 4.67. The zero-order valence-corrected chi connectivity index (χ0v) is 13.2. The van der Waals surface area contributed by atoms with Gasteiger partial charge in [-0.25, -0.2) is 9.48 Å². The van der Waals surface area contributed by atoms with Gasteiger partial charge < -0.3 is 10.4 Å². The molecule has 1 aromatic rings. The Morgan fingerprint density at radius 1 is 1.52 bits per heavy atom. The van der Waals surface area contributed by atoms with Crippen molar-refractivity contribution in [2.45, 2.75) is 36.5 Å². The van der Waals surface area contributed by atoms with E-state index >= 15 is 0 Å². The van der Waals surface area contributed by atoms with Gasteiger partial charge in [0.2, 0.25) is 11.1 Å². The number of carbonyl (C=O) groups excluding carboxylic acids is 1. The summed E-state index contributed by atoms with van der Waals surface area (Å²) < 4.78 is 1.72. The van der Waals surface area contributed by atoms with Crippen LogP contribution in [-0.4, -0.2) is 61.0 Å². The molecule has 0 aliphatic heterocycles. The summed E-state index contributed by atoms with van der Waals surface area (Å²) in [6.07, 6.45) is 4.42. The number of carboxylic acids is 1. The van der Waals surface area contributed by atoms with Crippen molar-refractivity contribution in [2.24, 2.45) is 0 Å². The number of aromatic nitrogens is 4. The summed E-state index contributed by atoms with van der Waals surface area (Å²) in [6.45, 7) is 0. The smallest absolute Gasteiger partial charge is 0.326 e. The number of hydrogen-bond donors (Lipinski definition) is 2. The Morgan fingerprint density at radius 2 is 2.29 bits per heavy atom. The first-order chi connectivity index (χ1) is 10.1. The minimum absolute atomic E-state index is 0.107. The molecule has 21 heavy (non-hydrogen) atoms. The Balaban J connectivity index is 1.80. The standard InChI is InChI=1S/C11H17N5O3S2/c1-20-5-4-8(10(18)19)12-9(17)6-21-11-13-14-15-16(11)7-2-3-7/h7-8H,2-6H2,1H3,(H,12,17)(H,18,19)/t8-/m1/s1. The second kappa shape index (κ2) is 7.64. The lowest BCUT2D eigenvalue weighted by Gasteiger charge is -2.13. The number of rotatable bonds is 9. The average molecular weight is 331 g/mol. The van der Waals surface area contributed by atoms with Crippen LogP contribution in [-0.2, 0) is 9.59 Å². The molecule has 8 nitrogen and oxygen atoms in total. The Morgan fingerprint density at radius 3 is 2.90 bits per heavy atom. The molecule has 0 aromatic carbocycles. The molecule has 1 fully saturated rings. The molecule has 1 amide bonds. The van der Waals surface area contributed by atoms with Crippen molar-refractivity contribution in [3.63, 3.8) is 0 Å². The maximum absolute atomic E-state index is 11.8. The quantitative estimate of drug-likeness (QED) is 0.627. The SMILES string of the molecule is CSCC[C@@H](NC(=O)CSc1nnnn1C1CC1)C(=O)O. The van der Waals surface area contributed by atoms with E-state index in [4.69, 9.17) is 5.11 Å². The van der Waals surface area contributed by atoms with Crippen molar-refractivity contribution in [3.05, 3.63) is 0 Å². The maximum atomic E-state index is 11.8. The Bertz CT molecular complexity index is 506. The van der Waals surface area contributed by atoms with Gasteiger partial charge in [0, 0.05) is 0 Å². The van der Waals surface area contributed by atoms with Crippen LogP contribution in [0.1, 0.15) is 25.3 Å². The molecule has 2 rings (SSSR count). The number of aliphatic carboxylic acids is 1. The highest BCUT2D eigenvalue weighted by atomic mass is 32.2. The Labute approximate surface area is 130 Å². The first-order valence-electron chi connectivity index (χ1n) is 6.53. The molecular formula is C11H17N5O3S2. The molecule has 0 unspecified atom stereocenters. The highest BCUT2D eigenvalue weighted by Gasteiger charge is 2.28. The third-order valence-corrected chi connectivity index (χ3v) is 4.51. The van der Waals surface area contributed by atoms with Gasteiger partial charge >= 0.3 is 5.97 Å².